The Kier molecular flexibility index (Phi) is 11.5. The molecule has 0 heterocycles. The Hall–Kier alpha value is -1.23. The van der Waals surface area contributed by atoms with E-state index in [1.54, 1.807) is 13.0 Å². The van der Waals surface area contributed by atoms with Crippen molar-refractivity contribution in [3.05, 3.63) is 23.8 Å². The fraction of sp³-hybridized carbons (Fsp3) is 0.727. The summed E-state index contributed by atoms with van der Waals surface area (Å²) in [4.78, 5) is 0. The van der Waals surface area contributed by atoms with Gasteiger partial charge in [0, 0.05) is 0 Å². The molecule has 0 saturated carbocycles. The third-order valence-corrected chi connectivity index (χ3v) is 6.93. The van der Waals surface area contributed by atoms with Gasteiger partial charge in [-0.1, -0.05) is 78.1 Å². The van der Waals surface area contributed by atoms with Gasteiger partial charge in [0.15, 0.2) is 0 Å². The first-order valence-electron chi connectivity index (χ1n) is 10.6. The summed E-state index contributed by atoms with van der Waals surface area (Å²) in [7, 11) is -3.65. The first kappa shape index (κ1) is 23.8. The molecule has 0 spiro atoms. The highest BCUT2D eigenvalue weighted by molar-refractivity contribution is 7.87. The minimum absolute atomic E-state index is 0.136. The Morgan fingerprint density at radius 2 is 1.48 bits per heavy atom. The van der Waals surface area contributed by atoms with E-state index in [1.807, 2.05) is 6.92 Å². The van der Waals surface area contributed by atoms with Crippen molar-refractivity contribution < 1.29 is 17.7 Å². The molecule has 4 nitrogen and oxygen atoms in total. The van der Waals surface area contributed by atoms with Crippen molar-refractivity contribution in [3.8, 4) is 11.5 Å². The van der Waals surface area contributed by atoms with E-state index < -0.39 is 15.4 Å². The van der Waals surface area contributed by atoms with Crippen molar-refractivity contribution in [2.45, 2.75) is 103 Å². The van der Waals surface area contributed by atoms with Crippen molar-refractivity contribution >= 4 is 10.1 Å². The molecule has 1 unspecified atom stereocenters. The summed E-state index contributed by atoms with van der Waals surface area (Å²) >= 11 is 0. The Bertz CT molecular complexity index is 625. The lowest BCUT2D eigenvalue weighted by Crippen LogP contribution is -2.25. The number of rotatable bonds is 15. The molecule has 0 fully saturated rings. The van der Waals surface area contributed by atoms with Crippen LogP contribution in [0.4, 0.5) is 0 Å². The van der Waals surface area contributed by atoms with E-state index >= 15 is 0 Å². The zero-order valence-electron chi connectivity index (χ0n) is 17.4. The highest BCUT2D eigenvalue weighted by Crippen LogP contribution is 2.25. The van der Waals surface area contributed by atoms with Crippen LogP contribution in [-0.2, 0) is 10.1 Å². The van der Waals surface area contributed by atoms with Crippen LogP contribution in [0.2, 0.25) is 0 Å². The van der Waals surface area contributed by atoms with Crippen molar-refractivity contribution in [3.63, 3.8) is 0 Å². The van der Waals surface area contributed by atoms with E-state index in [4.69, 9.17) is 4.18 Å². The number of hydrogen-bond donors (Lipinski definition) is 1. The fourth-order valence-electron chi connectivity index (χ4n) is 3.29. The molecule has 1 N–H and O–H groups in total. The first-order chi connectivity index (χ1) is 12.9. The van der Waals surface area contributed by atoms with Crippen LogP contribution in [0.25, 0.3) is 0 Å². The smallest absolute Gasteiger partial charge is 0.312 e. The molecule has 0 aliphatic rings. The lowest BCUT2D eigenvalue weighted by molar-refractivity contribution is 0.451. The summed E-state index contributed by atoms with van der Waals surface area (Å²) in [6.45, 7) is 5.85. The average Bonchev–Trinajstić information content (AvgIpc) is 2.62. The van der Waals surface area contributed by atoms with Gasteiger partial charge >= 0.3 is 10.1 Å². The van der Waals surface area contributed by atoms with Gasteiger partial charge in [0.25, 0.3) is 0 Å². The van der Waals surface area contributed by atoms with Gasteiger partial charge in [-0.2, -0.15) is 8.42 Å². The maximum Gasteiger partial charge on any atom is 0.312 e. The summed E-state index contributed by atoms with van der Waals surface area (Å²) < 4.78 is 30.4. The van der Waals surface area contributed by atoms with Crippen molar-refractivity contribution in [2.24, 2.45) is 0 Å². The molecule has 27 heavy (non-hydrogen) atoms. The van der Waals surface area contributed by atoms with Gasteiger partial charge in [0.1, 0.15) is 11.5 Å². The zero-order chi connectivity index (χ0) is 20.1. The van der Waals surface area contributed by atoms with E-state index in [0.29, 0.717) is 18.4 Å². The second kappa shape index (κ2) is 13.0. The molecule has 1 rings (SSSR count). The number of unbranched alkanes of at least 4 members (excludes halogenated alkanes) is 9. The van der Waals surface area contributed by atoms with Crippen LogP contribution in [0.5, 0.6) is 11.5 Å². The first-order valence-corrected chi connectivity index (χ1v) is 12.1. The van der Waals surface area contributed by atoms with Crippen LogP contribution in [0.3, 0.4) is 0 Å². The third-order valence-electron chi connectivity index (χ3n) is 5.12. The molecular formula is C22H38O4S. The standard InChI is InChI=1S/C22H38O4S/c1-4-6-7-8-9-10-11-12-13-14-15-21(5-2)27(24,25)26-20-16-17-22(23)19(3)18-20/h16-18,21,23H,4-15H2,1-3H3. The summed E-state index contributed by atoms with van der Waals surface area (Å²) in [5, 5.41) is 9.08. The van der Waals surface area contributed by atoms with Crippen molar-refractivity contribution in [2.75, 3.05) is 0 Å². The van der Waals surface area contributed by atoms with Gasteiger partial charge in [-0.3, -0.25) is 0 Å². The summed E-state index contributed by atoms with van der Waals surface area (Å²) in [5.74, 6) is 0.406. The molecule has 0 aliphatic heterocycles. The lowest BCUT2D eigenvalue weighted by atomic mass is 10.0. The van der Waals surface area contributed by atoms with Gasteiger partial charge in [-0.15, -0.1) is 0 Å². The number of benzene rings is 1. The predicted octanol–water partition coefficient (Wildman–Crippen LogP) is 6.50. The van der Waals surface area contributed by atoms with E-state index in [0.717, 1.165) is 12.8 Å². The van der Waals surface area contributed by atoms with E-state index in [-0.39, 0.29) is 11.5 Å². The molecule has 1 aromatic carbocycles. The van der Waals surface area contributed by atoms with Gasteiger partial charge < -0.3 is 9.29 Å². The van der Waals surface area contributed by atoms with Crippen LogP contribution in [0.1, 0.15) is 96.5 Å². The predicted molar refractivity (Wildman–Crippen MR) is 113 cm³/mol. The summed E-state index contributed by atoms with van der Waals surface area (Å²) in [6.07, 6.45) is 13.6. The van der Waals surface area contributed by atoms with E-state index in [9.17, 15) is 13.5 Å². The van der Waals surface area contributed by atoms with Crippen LogP contribution in [0.15, 0.2) is 18.2 Å². The minimum Gasteiger partial charge on any atom is -0.508 e. The zero-order valence-corrected chi connectivity index (χ0v) is 18.2. The van der Waals surface area contributed by atoms with Crippen molar-refractivity contribution in [1.82, 2.24) is 0 Å². The SMILES string of the molecule is CCCCCCCCCCCCC(CC)S(=O)(=O)Oc1ccc(O)c(C)c1. The summed E-state index contributed by atoms with van der Waals surface area (Å²) in [5.41, 5.74) is 0.602. The van der Waals surface area contributed by atoms with Gasteiger partial charge in [0.2, 0.25) is 0 Å². The number of hydrogen-bond acceptors (Lipinski definition) is 4. The average molecular weight is 399 g/mol. The largest absolute Gasteiger partial charge is 0.508 e. The molecule has 0 saturated heterocycles. The van der Waals surface area contributed by atoms with Gasteiger partial charge in [0.05, 0.1) is 5.25 Å². The minimum atomic E-state index is -3.65. The molecule has 1 atom stereocenters. The Morgan fingerprint density at radius 1 is 0.926 bits per heavy atom. The topological polar surface area (TPSA) is 63.6 Å². The van der Waals surface area contributed by atoms with Crippen LogP contribution in [0, 0.1) is 6.92 Å². The Balaban J connectivity index is 2.30. The molecule has 5 heteroatoms. The second-order valence-electron chi connectivity index (χ2n) is 7.53. The highest BCUT2D eigenvalue weighted by Gasteiger charge is 2.25. The molecule has 0 bridgehead atoms. The lowest BCUT2D eigenvalue weighted by Gasteiger charge is -2.16. The number of aryl methyl sites for hydroxylation is 1. The molecule has 0 aromatic heterocycles. The molecule has 0 radical (unpaired) electrons. The molecule has 0 aliphatic carbocycles. The Morgan fingerprint density at radius 3 is 2.00 bits per heavy atom. The van der Waals surface area contributed by atoms with Crippen molar-refractivity contribution in [1.29, 1.82) is 0 Å². The monoisotopic (exact) mass is 398 g/mol. The number of phenols is 1. The molecule has 156 valence electrons. The van der Waals surface area contributed by atoms with Crippen LogP contribution < -0.4 is 4.18 Å². The second-order valence-corrected chi connectivity index (χ2v) is 9.34. The molecule has 0 amide bonds. The molecular weight excluding hydrogens is 360 g/mol. The Labute approximate surface area is 166 Å². The number of aromatic hydroxyl groups is 1. The van der Waals surface area contributed by atoms with Gasteiger partial charge in [-0.25, -0.2) is 0 Å². The third kappa shape index (κ3) is 9.50. The summed E-state index contributed by atoms with van der Waals surface area (Å²) in [6, 6.07) is 4.51. The van der Waals surface area contributed by atoms with Crippen LogP contribution in [-0.4, -0.2) is 18.8 Å². The number of phenolic OH excluding ortho intramolecular Hbond substituents is 1. The van der Waals surface area contributed by atoms with E-state index in [2.05, 4.69) is 6.92 Å². The maximum absolute atomic E-state index is 12.5. The quantitative estimate of drug-likeness (QED) is 0.270. The van der Waals surface area contributed by atoms with Gasteiger partial charge in [-0.05, 0) is 43.5 Å². The normalized spacial score (nSPS) is 12.9. The highest BCUT2D eigenvalue weighted by atomic mass is 32.2. The maximum atomic E-state index is 12.5. The van der Waals surface area contributed by atoms with Crippen LogP contribution >= 0.6 is 0 Å². The van der Waals surface area contributed by atoms with E-state index in [1.165, 1.54) is 63.5 Å². The molecule has 1 aromatic rings. The fourth-order valence-corrected chi connectivity index (χ4v) is 4.67.